The summed E-state index contributed by atoms with van der Waals surface area (Å²) in [5.41, 5.74) is 3.69. The van der Waals surface area contributed by atoms with Crippen molar-refractivity contribution < 1.29 is 9.47 Å². The summed E-state index contributed by atoms with van der Waals surface area (Å²) in [6.45, 7) is 7.87. The van der Waals surface area contributed by atoms with Gasteiger partial charge in [0.15, 0.2) is 5.96 Å². The van der Waals surface area contributed by atoms with E-state index >= 15 is 0 Å². The normalized spacial score (nSPS) is 12.6. The average molecular weight is 510 g/mol. The number of ether oxygens (including phenoxy) is 2. The van der Waals surface area contributed by atoms with Gasteiger partial charge in [-0.3, -0.25) is 0 Å². The summed E-state index contributed by atoms with van der Waals surface area (Å²) >= 11 is 0. The number of aliphatic imine (C=N–C) groups is 1. The molecule has 158 valence electrons. The van der Waals surface area contributed by atoms with Crippen LogP contribution in [0.5, 0.6) is 11.6 Å². The molecular weight excluding hydrogens is 479 g/mol. The fourth-order valence-corrected chi connectivity index (χ4v) is 3.03. The number of nitrogens with one attached hydrogen (secondary N) is 2. The Kier molecular flexibility index (Phi) is 10.0. The topological polar surface area (TPSA) is 67.8 Å². The molecule has 2 heterocycles. The lowest BCUT2D eigenvalue weighted by Gasteiger charge is -2.12. The Bertz CT molecular complexity index is 781. The van der Waals surface area contributed by atoms with E-state index in [4.69, 9.17) is 9.47 Å². The van der Waals surface area contributed by atoms with E-state index in [-0.39, 0.29) is 24.0 Å². The lowest BCUT2D eigenvalue weighted by molar-refractivity contribution is 0.305. The third kappa shape index (κ3) is 7.38. The minimum Gasteiger partial charge on any atom is -0.493 e. The van der Waals surface area contributed by atoms with Crippen LogP contribution >= 0.6 is 24.0 Å². The Morgan fingerprint density at radius 1 is 1.17 bits per heavy atom. The second-order valence-corrected chi connectivity index (χ2v) is 6.77. The van der Waals surface area contributed by atoms with Gasteiger partial charge in [-0.05, 0) is 42.5 Å². The van der Waals surface area contributed by atoms with Gasteiger partial charge in [-0.15, -0.1) is 24.0 Å². The number of hydrogen-bond acceptors (Lipinski definition) is 4. The molecule has 0 fully saturated rings. The van der Waals surface area contributed by atoms with Crippen molar-refractivity contribution >= 4 is 29.9 Å². The molecule has 0 saturated heterocycles. The van der Waals surface area contributed by atoms with Crippen molar-refractivity contribution in [2.24, 2.45) is 4.99 Å². The van der Waals surface area contributed by atoms with Crippen LogP contribution in [0.3, 0.4) is 0 Å². The monoisotopic (exact) mass is 510 g/mol. The van der Waals surface area contributed by atoms with E-state index in [2.05, 4.69) is 52.7 Å². The Morgan fingerprint density at radius 3 is 2.79 bits per heavy atom. The molecule has 1 aromatic carbocycles. The molecule has 1 aliphatic heterocycles. The third-order valence-corrected chi connectivity index (χ3v) is 4.48. The Labute approximate surface area is 190 Å². The summed E-state index contributed by atoms with van der Waals surface area (Å²) in [7, 11) is 0. The van der Waals surface area contributed by atoms with Gasteiger partial charge >= 0.3 is 0 Å². The Morgan fingerprint density at radius 2 is 2.03 bits per heavy atom. The zero-order valence-electron chi connectivity index (χ0n) is 17.2. The molecule has 3 rings (SSSR count). The van der Waals surface area contributed by atoms with Crippen LogP contribution in [0, 0.1) is 0 Å². The van der Waals surface area contributed by atoms with Crippen molar-refractivity contribution in [2.45, 2.75) is 39.7 Å². The summed E-state index contributed by atoms with van der Waals surface area (Å²) in [6.07, 6.45) is 4.76. The third-order valence-electron chi connectivity index (χ3n) is 4.48. The first kappa shape index (κ1) is 23.3. The van der Waals surface area contributed by atoms with E-state index in [1.54, 1.807) is 0 Å². The molecule has 0 saturated carbocycles. The van der Waals surface area contributed by atoms with E-state index < -0.39 is 0 Å². The number of benzene rings is 1. The molecule has 2 aromatic rings. The quantitative estimate of drug-likeness (QED) is 0.306. The number of pyridine rings is 1. The molecule has 7 heteroatoms. The van der Waals surface area contributed by atoms with Crippen LogP contribution in [-0.2, 0) is 19.4 Å². The van der Waals surface area contributed by atoms with Gasteiger partial charge in [0.25, 0.3) is 0 Å². The number of fused-ring (bicyclic) bond motifs is 1. The molecule has 2 N–H and O–H groups in total. The fraction of sp³-hybridized carbons (Fsp3) is 0.455. The molecular formula is C22H31IN4O2. The van der Waals surface area contributed by atoms with Crippen molar-refractivity contribution in [1.29, 1.82) is 0 Å². The zero-order chi connectivity index (χ0) is 19.6. The molecule has 0 amide bonds. The summed E-state index contributed by atoms with van der Waals surface area (Å²) < 4.78 is 11.1. The van der Waals surface area contributed by atoms with Gasteiger partial charge in [-0.25, -0.2) is 9.98 Å². The lowest BCUT2D eigenvalue weighted by Crippen LogP contribution is -2.38. The van der Waals surface area contributed by atoms with E-state index in [9.17, 15) is 0 Å². The van der Waals surface area contributed by atoms with E-state index in [1.807, 2.05) is 18.3 Å². The molecule has 0 bridgehead atoms. The maximum absolute atomic E-state index is 5.57. The van der Waals surface area contributed by atoms with Crippen LogP contribution in [0.1, 0.15) is 37.0 Å². The molecule has 29 heavy (non-hydrogen) atoms. The van der Waals surface area contributed by atoms with Gasteiger partial charge in [0.05, 0.1) is 19.8 Å². The smallest absolute Gasteiger partial charge is 0.213 e. The van der Waals surface area contributed by atoms with Gasteiger partial charge in [-0.2, -0.15) is 0 Å². The number of rotatable bonds is 9. The van der Waals surface area contributed by atoms with Crippen molar-refractivity contribution in [1.82, 2.24) is 15.6 Å². The molecule has 0 spiro atoms. The first-order chi connectivity index (χ1) is 13.8. The standard InChI is InChI=1S/C22H30N4O2.HI/c1-3-12-28-21-8-6-18(15-25-21)16-26-22(23-4-2)24-11-9-17-5-7-20-19(14-17)10-13-27-20;/h5-8,14-15H,3-4,9-13,16H2,1-2H3,(H2,23,24,26);1H. The highest BCUT2D eigenvalue weighted by Crippen LogP contribution is 2.25. The van der Waals surface area contributed by atoms with Crippen LogP contribution in [-0.4, -0.2) is 37.2 Å². The number of aromatic nitrogens is 1. The highest BCUT2D eigenvalue weighted by molar-refractivity contribution is 14.0. The fourth-order valence-electron chi connectivity index (χ4n) is 3.03. The molecule has 0 atom stereocenters. The van der Waals surface area contributed by atoms with Crippen LogP contribution < -0.4 is 20.1 Å². The summed E-state index contributed by atoms with van der Waals surface area (Å²) in [6, 6.07) is 10.4. The van der Waals surface area contributed by atoms with Gasteiger partial charge in [0.1, 0.15) is 5.75 Å². The zero-order valence-corrected chi connectivity index (χ0v) is 19.6. The minimum atomic E-state index is 0. The largest absolute Gasteiger partial charge is 0.493 e. The van der Waals surface area contributed by atoms with E-state index in [0.29, 0.717) is 19.0 Å². The number of hydrogen-bond donors (Lipinski definition) is 2. The van der Waals surface area contributed by atoms with Gasteiger partial charge < -0.3 is 20.1 Å². The predicted molar refractivity (Wildman–Crippen MR) is 128 cm³/mol. The summed E-state index contributed by atoms with van der Waals surface area (Å²) in [4.78, 5) is 8.99. The second kappa shape index (κ2) is 12.5. The lowest BCUT2D eigenvalue weighted by atomic mass is 10.1. The predicted octanol–water partition coefficient (Wildman–Crippen LogP) is 3.72. The van der Waals surface area contributed by atoms with Crippen LogP contribution in [0.25, 0.3) is 0 Å². The van der Waals surface area contributed by atoms with Gasteiger partial charge in [-0.1, -0.05) is 25.1 Å². The average Bonchev–Trinajstić information content (AvgIpc) is 3.19. The highest BCUT2D eigenvalue weighted by atomic mass is 127. The van der Waals surface area contributed by atoms with Gasteiger partial charge in [0, 0.05) is 31.8 Å². The molecule has 1 aliphatic rings. The van der Waals surface area contributed by atoms with E-state index in [1.165, 1.54) is 11.1 Å². The van der Waals surface area contributed by atoms with Gasteiger partial charge in [0.2, 0.25) is 5.88 Å². The molecule has 0 unspecified atom stereocenters. The summed E-state index contributed by atoms with van der Waals surface area (Å²) in [5.74, 6) is 2.52. The first-order valence-corrected chi connectivity index (χ1v) is 10.1. The number of halogens is 1. The highest BCUT2D eigenvalue weighted by Gasteiger charge is 2.11. The first-order valence-electron chi connectivity index (χ1n) is 10.1. The Balaban J connectivity index is 0.00000300. The maximum Gasteiger partial charge on any atom is 0.213 e. The van der Waals surface area contributed by atoms with Crippen molar-refractivity contribution in [3.05, 3.63) is 53.2 Å². The summed E-state index contributed by atoms with van der Waals surface area (Å²) in [5, 5.41) is 6.70. The molecule has 0 aliphatic carbocycles. The maximum atomic E-state index is 5.57. The number of nitrogens with zero attached hydrogens (tertiary/aromatic N) is 2. The molecule has 6 nitrogen and oxygen atoms in total. The Hall–Kier alpha value is -2.03. The van der Waals surface area contributed by atoms with Crippen LogP contribution in [0.4, 0.5) is 0 Å². The SMILES string of the molecule is CCCOc1ccc(CN=C(NCC)NCCc2ccc3c(c2)CCO3)cn1.I. The molecule has 1 aromatic heterocycles. The van der Waals surface area contributed by atoms with Crippen molar-refractivity contribution in [3.63, 3.8) is 0 Å². The van der Waals surface area contributed by atoms with Crippen LogP contribution in [0.15, 0.2) is 41.5 Å². The van der Waals surface area contributed by atoms with Crippen molar-refractivity contribution in [3.8, 4) is 11.6 Å². The van der Waals surface area contributed by atoms with Crippen LogP contribution in [0.2, 0.25) is 0 Å². The minimum absolute atomic E-state index is 0. The van der Waals surface area contributed by atoms with E-state index in [0.717, 1.165) is 56.2 Å². The molecule has 0 radical (unpaired) electrons. The number of guanidine groups is 1. The second-order valence-electron chi connectivity index (χ2n) is 6.77. The van der Waals surface area contributed by atoms with Crippen molar-refractivity contribution in [2.75, 3.05) is 26.3 Å².